The second kappa shape index (κ2) is 4.07. The van der Waals surface area contributed by atoms with Crippen molar-refractivity contribution in [3.8, 4) is 5.88 Å². The van der Waals surface area contributed by atoms with Crippen LogP contribution in [0.5, 0.6) is 5.88 Å². The minimum Gasteiger partial charge on any atom is -0.477 e. The van der Waals surface area contributed by atoms with Crippen LogP contribution in [0.3, 0.4) is 0 Å². The van der Waals surface area contributed by atoms with Crippen molar-refractivity contribution in [3.05, 3.63) is 22.8 Å². The first-order valence-electron chi connectivity index (χ1n) is 3.52. The van der Waals surface area contributed by atoms with Gasteiger partial charge < -0.3 is 4.74 Å². The molecule has 0 bridgehead atoms. The van der Waals surface area contributed by atoms with Crippen molar-refractivity contribution in [3.63, 3.8) is 0 Å². The maximum absolute atomic E-state index is 10.4. The quantitative estimate of drug-likeness (QED) is 0.676. The van der Waals surface area contributed by atoms with E-state index in [9.17, 15) is 4.79 Å². The zero-order chi connectivity index (χ0) is 8.97. The Morgan fingerprint density at radius 2 is 2.50 bits per heavy atom. The van der Waals surface area contributed by atoms with E-state index in [0.717, 1.165) is 0 Å². The summed E-state index contributed by atoms with van der Waals surface area (Å²) >= 11 is 5.77. The van der Waals surface area contributed by atoms with Gasteiger partial charge in [-0.15, -0.1) is 0 Å². The van der Waals surface area contributed by atoms with E-state index in [-0.39, 0.29) is 5.02 Å². The fourth-order valence-corrected chi connectivity index (χ4v) is 0.978. The standard InChI is InChI=1S/C8H8ClNO2/c1-2-12-8-7(9)6(5-11)3-4-10-8/h3-5H,2H2,1H3. The summed E-state index contributed by atoms with van der Waals surface area (Å²) in [6, 6.07) is 1.54. The number of aldehydes is 1. The van der Waals surface area contributed by atoms with Crippen LogP contribution in [-0.2, 0) is 0 Å². The van der Waals surface area contributed by atoms with E-state index < -0.39 is 0 Å². The minimum atomic E-state index is 0.273. The number of carbonyl (C=O) groups excluding carboxylic acids is 1. The van der Waals surface area contributed by atoms with Crippen LogP contribution < -0.4 is 4.74 Å². The highest BCUT2D eigenvalue weighted by molar-refractivity contribution is 6.34. The van der Waals surface area contributed by atoms with Gasteiger partial charge in [-0.25, -0.2) is 4.98 Å². The van der Waals surface area contributed by atoms with Gasteiger partial charge in [0.1, 0.15) is 5.02 Å². The van der Waals surface area contributed by atoms with E-state index in [4.69, 9.17) is 16.3 Å². The summed E-state index contributed by atoms with van der Waals surface area (Å²) in [5, 5.41) is 0.273. The Morgan fingerprint density at radius 1 is 1.75 bits per heavy atom. The molecule has 0 N–H and O–H groups in total. The maximum atomic E-state index is 10.4. The number of rotatable bonds is 3. The Morgan fingerprint density at radius 3 is 3.08 bits per heavy atom. The average molecular weight is 186 g/mol. The molecule has 1 aromatic rings. The number of pyridine rings is 1. The van der Waals surface area contributed by atoms with Crippen LogP contribution >= 0.6 is 11.6 Å². The smallest absolute Gasteiger partial charge is 0.233 e. The predicted molar refractivity (Wildman–Crippen MR) is 45.8 cm³/mol. The van der Waals surface area contributed by atoms with Crippen molar-refractivity contribution >= 4 is 17.9 Å². The topological polar surface area (TPSA) is 39.2 Å². The van der Waals surface area contributed by atoms with E-state index in [1.807, 2.05) is 6.92 Å². The molecule has 3 nitrogen and oxygen atoms in total. The van der Waals surface area contributed by atoms with Crippen molar-refractivity contribution in [1.82, 2.24) is 4.98 Å². The largest absolute Gasteiger partial charge is 0.477 e. The van der Waals surface area contributed by atoms with Gasteiger partial charge in [-0.2, -0.15) is 0 Å². The van der Waals surface area contributed by atoms with Crippen molar-refractivity contribution in [2.24, 2.45) is 0 Å². The molecule has 0 saturated heterocycles. The molecule has 0 atom stereocenters. The van der Waals surface area contributed by atoms with E-state index in [1.165, 1.54) is 12.3 Å². The Bertz CT molecular complexity index is 288. The molecular formula is C8H8ClNO2. The van der Waals surface area contributed by atoms with Crippen LogP contribution in [0.15, 0.2) is 12.3 Å². The van der Waals surface area contributed by atoms with Gasteiger partial charge in [-0.05, 0) is 13.0 Å². The van der Waals surface area contributed by atoms with Crippen LogP contribution in [0.1, 0.15) is 17.3 Å². The van der Waals surface area contributed by atoms with Gasteiger partial charge in [0.15, 0.2) is 6.29 Å². The molecule has 1 rings (SSSR count). The highest BCUT2D eigenvalue weighted by Gasteiger charge is 2.06. The van der Waals surface area contributed by atoms with E-state index in [0.29, 0.717) is 24.3 Å². The van der Waals surface area contributed by atoms with Crippen LogP contribution in [0, 0.1) is 0 Å². The molecule has 0 amide bonds. The Kier molecular flexibility index (Phi) is 3.05. The lowest BCUT2D eigenvalue weighted by Crippen LogP contribution is -1.96. The fraction of sp³-hybridized carbons (Fsp3) is 0.250. The highest BCUT2D eigenvalue weighted by Crippen LogP contribution is 2.23. The van der Waals surface area contributed by atoms with Crippen LogP contribution in [-0.4, -0.2) is 17.9 Å². The van der Waals surface area contributed by atoms with Gasteiger partial charge >= 0.3 is 0 Å². The zero-order valence-electron chi connectivity index (χ0n) is 6.58. The summed E-state index contributed by atoms with van der Waals surface area (Å²) in [5.41, 5.74) is 0.398. The summed E-state index contributed by atoms with van der Waals surface area (Å²) in [7, 11) is 0. The Labute approximate surface area is 75.3 Å². The first-order chi connectivity index (χ1) is 5.79. The normalized spacial score (nSPS) is 9.50. The molecule has 1 aromatic heterocycles. The lowest BCUT2D eigenvalue weighted by Gasteiger charge is -2.04. The molecule has 0 fully saturated rings. The molecule has 1 heterocycles. The molecule has 0 aliphatic rings. The minimum absolute atomic E-state index is 0.273. The monoisotopic (exact) mass is 185 g/mol. The molecule has 64 valence electrons. The highest BCUT2D eigenvalue weighted by atomic mass is 35.5. The fourth-order valence-electron chi connectivity index (χ4n) is 0.767. The number of ether oxygens (including phenoxy) is 1. The van der Waals surface area contributed by atoms with Gasteiger partial charge in [-0.3, -0.25) is 4.79 Å². The third-order valence-electron chi connectivity index (χ3n) is 1.30. The van der Waals surface area contributed by atoms with Crippen LogP contribution in [0.2, 0.25) is 5.02 Å². The SMILES string of the molecule is CCOc1nccc(C=O)c1Cl. The van der Waals surface area contributed by atoms with Gasteiger partial charge in [0, 0.05) is 11.8 Å². The third-order valence-corrected chi connectivity index (χ3v) is 1.68. The molecule has 0 saturated carbocycles. The van der Waals surface area contributed by atoms with E-state index in [1.54, 1.807) is 0 Å². The second-order valence-electron chi connectivity index (χ2n) is 2.07. The van der Waals surface area contributed by atoms with Gasteiger partial charge in [-0.1, -0.05) is 11.6 Å². The first kappa shape index (κ1) is 9.00. The number of halogens is 1. The molecule has 0 spiro atoms. The molecule has 4 heteroatoms. The number of nitrogens with zero attached hydrogens (tertiary/aromatic N) is 1. The first-order valence-corrected chi connectivity index (χ1v) is 3.90. The number of carbonyl (C=O) groups is 1. The van der Waals surface area contributed by atoms with E-state index in [2.05, 4.69) is 4.98 Å². The van der Waals surface area contributed by atoms with Crippen LogP contribution in [0.4, 0.5) is 0 Å². The number of hydrogen-bond donors (Lipinski definition) is 0. The van der Waals surface area contributed by atoms with Crippen molar-refractivity contribution in [2.45, 2.75) is 6.92 Å². The molecule has 0 radical (unpaired) electrons. The summed E-state index contributed by atoms with van der Waals surface area (Å²) in [6.45, 7) is 2.31. The number of aromatic nitrogens is 1. The molecule has 0 aromatic carbocycles. The van der Waals surface area contributed by atoms with Crippen molar-refractivity contribution in [2.75, 3.05) is 6.61 Å². The van der Waals surface area contributed by atoms with E-state index >= 15 is 0 Å². The molecular weight excluding hydrogens is 178 g/mol. The lowest BCUT2D eigenvalue weighted by molar-refractivity contribution is 0.112. The van der Waals surface area contributed by atoms with Crippen molar-refractivity contribution < 1.29 is 9.53 Å². The van der Waals surface area contributed by atoms with Crippen LogP contribution in [0.25, 0.3) is 0 Å². The molecule has 12 heavy (non-hydrogen) atoms. The zero-order valence-corrected chi connectivity index (χ0v) is 7.34. The summed E-state index contributed by atoms with van der Waals surface area (Å²) < 4.78 is 5.08. The molecule has 0 unspecified atom stereocenters. The molecule has 0 aliphatic heterocycles. The molecule has 0 aliphatic carbocycles. The summed E-state index contributed by atoms with van der Waals surface area (Å²) in [4.78, 5) is 14.3. The second-order valence-corrected chi connectivity index (χ2v) is 2.45. The van der Waals surface area contributed by atoms with Gasteiger partial charge in [0.05, 0.1) is 6.61 Å². The maximum Gasteiger partial charge on any atom is 0.233 e. The van der Waals surface area contributed by atoms with Gasteiger partial charge in [0.25, 0.3) is 0 Å². The lowest BCUT2D eigenvalue weighted by atomic mass is 10.3. The third kappa shape index (κ3) is 1.74. The Balaban J connectivity index is 3.04. The average Bonchev–Trinajstić information content (AvgIpc) is 2.09. The van der Waals surface area contributed by atoms with Gasteiger partial charge in [0.2, 0.25) is 5.88 Å². The predicted octanol–water partition coefficient (Wildman–Crippen LogP) is 1.95. The Hall–Kier alpha value is -1.09. The summed E-state index contributed by atoms with van der Waals surface area (Å²) in [6.07, 6.45) is 2.16. The van der Waals surface area contributed by atoms with Crippen molar-refractivity contribution in [1.29, 1.82) is 0 Å². The number of hydrogen-bond acceptors (Lipinski definition) is 3. The summed E-state index contributed by atoms with van der Waals surface area (Å²) in [5.74, 6) is 0.309.